The predicted octanol–water partition coefficient (Wildman–Crippen LogP) is 2.48. The topological polar surface area (TPSA) is 15.3 Å². The van der Waals surface area contributed by atoms with Crippen LogP contribution in [0.2, 0.25) is 0 Å². The molecule has 0 fully saturated rings. The summed E-state index contributed by atoms with van der Waals surface area (Å²) in [7, 11) is 0. The number of hydrogen-bond donors (Lipinski definition) is 1. The fraction of sp³-hybridized carbons (Fsp3) is 0.571. The van der Waals surface area contributed by atoms with Gasteiger partial charge in [0.05, 0.1) is 0 Å². The van der Waals surface area contributed by atoms with Crippen molar-refractivity contribution in [2.24, 2.45) is 0 Å². The van der Waals surface area contributed by atoms with Crippen LogP contribution in [0.4, 0.5) is 0 Å². The van der Waals surface area contributed by atoms with Crippen LogP contribution < -0.4 is 5.32 Å². The molecule has 0 amide bonds. The summed E-state index contributed by atoms with van der Waals surface area (Å²) in [6, 6.07) is 7.40. The lowest BCUT2D eigenvalue weighted by Gasteiger charge is -2.35. The van der Waals surface area contributed by atoms with Crippen LogP contribution >= 0.6 is 0 Å². The first-order valence-corrected chi connectivity index (χ1v) is 6.30. The summed E-state index contributed by atoms with van der Waals surface area (Å²) in [5.74, 6) is 0. The zero-order chi connectivity index (χ0) is 11.5. The second kappa shape index (κ2) is 4.98. The predicted molar refractivity (Wildman–Crippen MR) is 68.5 cm³/mol. The summed E-state index contributed by atoms with van der Waals surface area (Å²) >= 11 is 0. The van der Waals surface area contributed by atoms with Crippen LogP contribution in [0.5, 0.6) is 0 Å². The largest absolute Gasteiger partial charge is 0.311 e. The molecule has 2 rings (SSSR count). The molecule has 1 N–H and O–H groups in total. The van der Waals surface area contributed by atoms with Crippen molar-refractivity contribution in [1.82, 2.24) is 10.2 Å². The number of fused-ring (bicyclic) bond motifs is 1. The number of benzene rings is 1. The Labute approximate surface area is 98.7 Å². The van der Waals surface area contributed by atoms with Crippen molar-refractivity contribution in [3.05, 3.63) is 34.9 Å². The Morgan fingerprint density at radius 2 is 2.06 bits per heavy atom. The SMILES string of the molecule is CCN(CC)[C@H]1CNCc2ccc(C)cc21. The molecule has 1 aliphatic rings. The third-order valence-electron chi connectivity index (χ3n) is 3.57. The van der Waals surface area contributed by atoms with Crippen molar-refractivity contribution in [2.45, 2.75) is 33.4 Å². The third kappa shape index (κ3) is 2.13. The van der Waals surface area contributed by atoms with E-state index in [2.05, 4.69) is 49.2 Å². The van der Waals surface area contributed by atoms with Crippen LogP contribution in [0.15, 0.2) is 18.2 Å². The second-order valence-corrected chi connectivity index (χ2v) is 4.57. The standard InChI is InChI=1S/C14H22N2/c1-4-16(5-2)14-10-15-9-12-7-6-11(3)8-13(12)14/h6-8,14-15H,4-5,9-10H2,1-3H3/t14-/m0/s1. The summed E-state index contributed by atoms with van der Waals surface area (Å²) in [6.45, 7) is 11.0. The van der Waals surface area contributed by atoms with Crippen molar-refractivity contribution in [3.8, 4) is 0 Å². The molecule has 0 saturated carbocycles. The van der Waals surface area contributed by atoms with Gasteiger partial charge in [-0.3, -0.25) is 4.90 Å². The molecule has 1 heterocycles. The van der Waals surface area contributed by atoms with E-state index in [1.165, 1.54) is 16.7 Å². The highest BCUT2D eigenvalue weighted by atomic mass is 15.2. The number of nitrogens with one attached hydrogen (secondary N) is 1. The molecule has 88 valence electrons. The molecule has 1 aromatic carbocycles. The second-order valence-electron chi connectivity index (χ2n) is 4.57. The number of aryl methyl sites for hydroxylation is 1. The Bertz CT molecular complexity index is 356. The van der Waals surface area contributed by atoms with Gasteiger partial charge in [-0.25, -0.2) is 0 Å². The first-order chi connectivity index (χ1) is 7.76. The van der Waals surface area contributed by atoms with Crippen molar-refractivity contribution >= 4 is 0 Å². The maximum absolute atomic E-state index is 3.52. The van der Waals surface area contributed by atoms with Crippen molar-refractivity contribution in [2.75, 3.05) is 19.6 Å². The quantitative estimate of drug-likeness (QED) is 0.838. The van der Waals surface area contributed by atoms with Gasteiger partial charge in [0.1, 0.15) is 0 Å². The van der Waals surface area contributed by atoms with Crippen LogP contribution in [0.3, 0.4) is 0 Å². The molecule has 0 radical (unpaired) electrons. The van der Waals surface area contributed by atoms with E-state index in [4.69, 9.17) is 0 Å². The first kappa shape index (κ1) is 11.6. The molecule has 0 spiro atoms. The molecular weight excluding hydrogens is 196 g/mol. The minimum atomic E-state index is 0.554. The molecule has 0 bridgehead atoms. The number of rotatable bonds is 3. The molecule has 2 heteroatoms. The van der Waals surface area contributed by atoms with Crippen LogP contribution in [0.1, 0.15) is 36.6 Å². The Morgan fingerprint density at radius 1 is 1.31 bits per heavy atom. The van der Waals surface area contributed by atoms with Gasteiger partial charge in [-0.2, -0.15) is 0 Å². The van der Waals surface area contributed by atoms with Crippen LogP contribution in [0.25, 0.3) is 0 Å². The van der Waals surface area contributed by atoms with Crippen molar-refractivity contribution < 1.29 is 0 Å². The highest BCUT2D eigenvalue weighted by Crippen LogP contribution is 2.27. The van der Waals surface area contributed by atoms with Crippen LogP contribution in [-0.4, -0.2) is 24.5 Å². The van der Waals surface area contributed by atoms with Gasteiger partial charge in [0, 0.05) is 19.1 Å². The molecule has 0 unspecified atom stereocenters. The van der Waals surface area contributed by atoms with E-state index >= 15 is 0 Å². The maximum atomic E-state index is 3.52. The Balaban J connectivity index is 2.34. The highest BCUT2D eigenvalue weighted by Gasteiger charge is 2.23. The molecule has 0 saturated heterocycles. The summed E-state index contributed by atoms with van der Waals surface area (Å²) in [5.41, 5.74) is 4.37. The van der Waals surface area contributed by atoms with Gasteiger partial charge in [0.2, 0.25) is 0 Å². The minimum Gasteiger partial charge on any atom is -0.311 e. The Hall–Kier alpha value is -0.860. The van der Waals surface area contributed by atoms with E-state index in [0.717, 1.165) is 26.2 Å². The summed E-state index contributed by atoms with van der Waals surface area (Å²) < 4.78 is 0. The lowest BCUT2D eigenvalue weighted by atomic mass is 9.94. The average molecular weight is 218 g/mol. The maximum Gasteiger partial charge on any atom is 0.0475 e. The van der Waals surface area contributed by atoms with Gasteiger partial charge in [-0.1, -0.05) is 37.6 Å². The molecular formula is C14H22N2. The lowest BCUT2D eigenvalue weighted by molar-refractivity contribution is 0.204. The van der Waals surface area contributed by atoms with Gasteiger partial charge >= 0.3 is 0 Å². The van der Waals surface area contributed by atoms with Gasteiger partial charge in [0.15, 0.2) is 0 Å². The van der Waals surface area contributed by atoms with E-state index in [1.54, 1.807) is 0 Å². The summed E-state index contributed by atoms with van der Waals surface area (Å²) in [6.07, 6.45) is 0. The van der Waals surface area contributed by atoms with Gasteiger partial charge < -0.3 is 5.32 Å². The Kier molecular flexibility index (Phi) is 3.62. The zero-order valence-electron chi connectivity index (χ0n) is 10.6. The molecule has 2 nitrogen and oxygen atoms in total. The monoisotopic (exact) mass is 218 g/mol. The van der Waals surface area contributed by atoms with Crippen molar-refractivity contribution in [3.63, 3.8) is 0 Å². The highest BCUT2D eigenvalue weighted by molar-refractivity contribution is 5.35. The van der Waals surface area contributed by atoms with Gasteiger partial charge in [-0.05, 0) is 31.1 Å². The fourth-order valence-corrected chi connectivity index (χ4v) is 2.63. The van der Waals surface area contributed by atoms with Crippen molar-refractivity contribution in [1.29, 1.82) is 0 Å². The first-order valence-electron chi connectivity index (χ1n) is 6.30. The van der Waals surface area contributed by atoms with E-state index < -0.39 is 0 Å². The number of likely N-dealkylation sites (N-methyl/N-ethyl adjacent to an activating group) is 1. The van der Waals surface area contributed by atoms with E-state index in [0.29, 0.717) is 6.04 Å². The minimum absolute atomic E-state index is 0.554. The molecule has 0 aliphatic carbocycles. The van der Waals surface area contributed by atoms with E-state index in [9.17, 15) is 0 Å². The summed E-state index contributed by atoms with van der Waals surface area (Å²) in [4.78, 5) is 2.53. The normalized spacial score (nSPS) is 19.9. The number of hydrogen-bond acceptors (Lipinski definition) is 2. The molecule has 1 aromatic rings. The number of nitrogens with zero attached hydrogens (tertiary/aromatic N) is 1. The smallest absolute Gasteiger partial charge is 0.0475 e. The van der Waals surface area contributed by atoms with Gasteiger partial charge in [-0.15, -0.1) is 0 Å². The van der Waals surface area contributed by atoms with E-state index in [1.807, 2.05) is 0 Å². The average Bonchev–Trinajstić information content (AvgIpc) is 2.31. The fourth-order valence-electron chi connectivity index (χ4n) is 2.63. The Morgan fingerprint density at radius 3 is 2.75 bits per heavy atom. The molecule has 1 aliphatic heterocycles. The van der Waals surface area contributed by atoms with E-state index in [-0.39, 0.29) is 0 Å². The lowest BCUT2D eigenvalue weighted by Crippen LogP contribution is -2.39. The molecule has 1 atom stereocenters. The van der Waals surface area contributed by atoms with Crippen LogP contribution in [0, 0.1) is 6.92 Å². The zero-order valence-corrected chi connectivity index (χ0v) is 10.6. The molecule has 16 heavy (non-hydrogen) atoms. The van der Waals surface area contributed by atoms with Crippen LogP contribution in [-0.2, 0) is 6.54 Å². The molecule has 0 aromatic heterocycles. The summed E-state index contributed by atoms with van der Waals surface area (Å²) in [5, 5.41) is 3.52. The van der Waals surface area contributed by atoms with Gasteiger partial charge in [0.25, 0.3) is 0 Å². The third-order valence-corrected chi connectivity index (χ3v) is 3.57.